The van der Waals surface area contributed by atoms with Gasteiger partial charge in [-0.1, -0.05) is 12.2 Å². The molecule has 0 aromatic heterocycles. The predicted octanol–water partition coefficient (Wildman–Crippen LogP) is 1.42. The second-order valence-electron chi connectivity index (χ2n) is 6.38. The van der Waals surface area contributed by atoms with Crippen molar-refractivity contribution in [3.8, 4) is 0 Å². The number of carbonyl (C=O) groups excluding carboxylic acids is 2. The van der Waals surface area contributed by atoms with Gasteiger partial charge in [0.05, 0.1) is 4.99 Å². The van der Waals surface area contributed by atoms with E-state index in [0.717, 1.165) is 6.42 Å². The summed E-state index contributed by atoms with van der Waals surface area (Å²) < 4.78 is 5.16. The molecule has 120 valence electrons. The summed E-state index contributed by atoms with van der Waals surface area (Å²) in [6, 6.07) is 0.0592. The average Bonchev–Trinajstić information content (AvgIpc) is 2.70. The van der Waals surface area contributed by atoms with Crippen LogP contribution in [0.25, 0.3) is 0 Å². The number of hydrogen-bond acceptors (Lipinski definition) is 4. The first-order chi connectivity index (χ1) is 9.60. The predicted molar refractivity (Wildman–Crippen MR) is 84.9 cm³/mol. The van der Waals surface area contributed by atoms with Gasteiger partial charge in [0.25, 0.3) is 0 Å². The first kappa shape index (κ1) is 17.7. The van der Waals surface area contributed by atoms with Gasteiger partial charge in [-0.3, -0.25) is 4.79 Å². The third kappa shape index (κ3) is 5.87. The van der Waals surface area contributed by atoms with Crippen molar-refractivity contribution in [1.29, 1.82) is 0 Å². The Labute approximate surface area is 131 Å². The first-order valence-electron chi connectivity index (χ1n) is 7.13. The van der Waals surface area contributed by atoms with Crippen LogP contribution < -0.4 is 11.1 Å². The number of likely N-dealkylation sites (tertiary alicyclic amines) is 1. The maximum absolute atomic E-state index is 11.6. The van der Waals surface area contributed by atoms with Crippen molar-refractivity contribution in [3.05, 3.63) is 0 Å². The molecule has 0 aromatic carbocycles. The van der Waals surface area contributed by atoms with Gasteiger partial charge in [0.15, 0.2) is 0 Å². The van der Waals surface area contributed by atoms with Crippen molar-refractivity contribution < 1.29 is 14.3 Å². The second kappa shape index (κ2) is 7.06. The Bertz CT molecular complexity index is 420. The minimum absolute atomic E-state index is 0.0102. The van der Waals surface area contributed by atoms with E-state index in [4.69, 9.17) is 22.7 Å². The van der Waals surface area contributed by atoms with Gasteiger partial charge in [-0.25, -0.2) is 4.79 Å². The lowest BCUT2D eigenvalue weighted by atomic mass is 10.0. The molecule has 1 aliphatic heterocycles. The molecule has 2 atom stereocenters. The van der Waals surface area contributed by atoms with Crippen molar-refractivity contribution in [1.82, 2.24) is 10.2 Å². The largest absolute Gasteiger partial charge is 0.444 e. The van der Waals surface area contributed by atoms with Gasteiger partial charge < -0.3 is 20.7 Å². The molecule has 0 aromatic rings. The van der Waals surface area contributed by atoms with E-state index in [1.54, 1.807) is 4.90 Å². The van der Waals surface area contributed by atoms with Crippen molar-refractivity contribution in [2.45, 2.75) is 52.2 Å². The zero-order valence-electron chi connectivity index (χ0n) is 13.1. The Morgan fingerprint density at radius 2 is 2.05 bits per heavy atom. The van der Waals surface area contributed by atoms with E-state index < -0.39 is 11.7 Å². The number of alkyl carbamates (subject to hydrolysis) is 1. The molecule has 2 unspecified atom stereocenters. The molecule has 0 bridgehead atoms. The maximum atomic E-state index is 11.6. The highest BCUT2D eigenvalue weighted by molar-refractivity contribution is 7.80. The lowest BCUT2D eigenvalue weighted by Crippen LogP contribution is -2.38. The molecule has 3 N–H and O–H groups in total. The van der Waals surface area contributed by atoms with Crippen LogP contribution >= 0.6 is 12.2 Å². The Balaban J connectivity index is 2.44. The van der Waals surface area contributed by atoms with E-state index in [2.05, 4.69) is 5.32 Å². The van der Waals surface area contributed by atoms with Crippen LogP contribution in [0.3, 0.4) is 0 Å². The molecular weight excluding hydrogens is 290 g/mol. The standard InChI is InChI=1S/C14H25N3O3S/c1-9(18)17-8-10(12(15)21)7-11(17)5-6-16-13(19)20-14(2,3)4/h10-11H,5-8H2,1-4H3,(H2,15,21)(H,16,19). The second-order valence-corrected chi connectivity index (χ2v) is 6.85. The fourth-order valence-electron chi connectivity index (χ4n) is 2.44. The summed E-state index contributed by atoms with van der Waals surface area (Å²) in [6.07, 6.45) is 0.976. The third-order valence-corrected chi connectivity index (χ3v) is 3.70. The summed E-state index contributed by atoms with van der Waals surface area (Å²) in [6.45, 7) is 8.00. The summed E-state index contributed by atoms with van der Waals surface area (Å²) in [4.78, 5) is 25.4. The topological polar surface area (TPSA) is 84.7 Å². The van der Waals surface area contributed by atoms with E-state index in [1.807, 2.05) is 20.8 Å². The minimum Gasteiger partial charge on any atom is -0.444 e. The maximum Gasteiger partial charge on any atom is 0.407 e. The van der Waals surface area contributed by atoms with Crippen LogP contribution in [0.15, 0.2) is 0 Å². The number of ether oxygens (including phenoxy) is 1. The number of nitrogens with two attached hydrogens (primary N) is 1. The summed E-state index contributed by atoms with van der Waals surface area (Å²) >= 11 is 5.01. The third-order valence-electron chi connectivity index (χ3n) is 3.37. The number of hydrogen-bond donors (Lipinski definition) is 2. The van der Waals surface area contributed by atoms with Gasteiger partial charge in [0.1, 0.15) is 5.60 Å². The summed E-state index contributed by atoms with van der Waals surface area (Å²) in [7, 11) is 0. The van der Waals surface area contributed by atoms with Crippen LogP contribution in [0.5, 0.6) is 0 Å². The lowest BCUT2D eigenvalue weighted by molar-refractivity contribution is -0.129. The molecule has 6 nitrogen and oxygen atoms in total. The first-order valence-corrected chi connectivity index (χ1v) is 7.54. The number of carbonyl (C=O) groups is 2. The van der Waals surface area contributed by atoms with Crippen LogP contribution in [-0.2, 0) is 9.53 Å². The summed E-state index contributed by atoms with van der Waals surface area (Å²) in [5, 5.41) is 2.71. The number of nitrogens with zero attached hydrogens (tertiary/aromatic N) is 1. The van der Waals surface area contributed by atoms with Crippen molar-refractivity contribution in [2.75, 3.05) is 13.1 Å². The normalized spacial score (nSPS) is 22.0. The molecule has 0 aliphatic carbocycles. The Kier molecular flexibility index (Phi) is 5.95. The molecule has 0 saturated carbocycles. The number of thiocarbonyl (C=S) groups is 1. The average molecular weight is 315 g/mol. The van der Waals surface area contributed by atoms with Gasteiger partial charge >= 0.3 is 6.09 Å². The number of rotatable bonds is 4. The fourth-order valence-corrected chi connectivity index (χ4v) is 2.61. The molecule has 21 heavy (non-hydrogen) atoms. The molecule has 1 aliphatic rings. The van der Waals surface area contributed by atoms with E-state index in [-0.39, 0.29) is 17.9 Å². The Morgan fingerprint density at radius 3 is 2.52 bits per heavy atom. The quantitative estimate of drug-likeness (QED) is 0.767. The summed E-state index contributed by atoms with van der Waals surface area (Å²) in [5.41, 5.74) is 5.16. The monoisotopic (exact) mass is 315 g/mol. The van der Waals surface area contributed by atoms with Crippen molar-refractivity contribution in [3.63, 3.8) is 0 Å². The molecule has 0 spiro atoms. The van der Waals surface area contributed by atoms with E-state index in [0.29, 0.717) is 24.5 Å². The van der Waals surface area contributed by atoms with Crippen molar-refractivity contribution in [2.24, 2.45) is 11.7 Å². The molecule has 0 radical (unpaired) electrons. The molecule has 1 heterocycles. The highest BCUT2D eigenvalue weighted by Crippen LogP contribution is 2.25. The zero-order chi connectivity index (χ0) is 16.2. The van der Waals surface area contributed by atoms with Gasteiger partial charge in [0, 0.05) is 32.0 Å². The molecule has 2 amide bonds. The van der Waals surface area contributed by atoms with E-state index in [1.165, 1.54) is 6.92 Å². The SMILES string of the molecule is CC(=O)N1CC(C(N)=S)CC1CCNC(=O)OC(C)(C)C. The molecule has 7 heteroatoms. The number of amides is 2. The molecule has 1 fully saturated rings. The number of nitrogens with one attached hydrogen (secondary N) is 1. The Hall–Kier alpha value is -1.37. The fraction of sp³-hybridized carbons (Fsp3) is 0.786. The highest BCUT2D eigenvalue weighted by Gasteiger charge is 2.34. The lowest BCUT2D eigenvalue weighted by Gasteiger charge is -2.24. The van der Waals surface area contributed by atoms with Crippen LogP contribution in [-0.4, -0.2) is 46.6 Å². The zero-order valence-corrected chi connectivity index (χ0v) is 14.0. The van der Waals surface area contributed by atoms with Crippen LogP contribution in [0.1, 0.15) is 40.5 Å². The van der Waals surface area contributed by atoms with E-state index in [9.17, 15) is 9.59 Å². The highest BCUT2D eigenvalue weighted by atomic mass is 32.1. The molecular formula is C14H25N3O3S. The van der Waals surface area contributed by atoms with Crippen molar-refractivity contribution >= 4 is 29.2 Å². The van der Waals surface area contributed by atoms with Gasteiger partial charge in [0.2, 0.25) is 5.91 Å². The Morgan fingerprint density at radius 1 is 1.43 bits per heavy atom. The van der Waals surface area contributed by atoms with E-state index >= 15 is 0 Å². The van der Waals surface area contributed by atoms with Gasteiger partial charge in [-0.15, -0.1) is 0 Å². The van der Waals surface area contributed by atoms with Gasteiger partial charge in [-0.2, -0.15) is 0 Å². The molecule has 1 rings (SSSR count). The van der Waals surface area contributed by atoms with Gasteiger partial charge in [-0.05, 0) is 33.6 Å². The molecule has 1 saturated heterocycles. The van der Waals surface area contributed by atoms with Crippen LogP contribution in [0.2, 0.25) is 0 Å². The van der Waals surface area contributed by atoms with Crippen LogP contribution in [0, 0.1) is 5.92 Å². The minimum atomic E-state index is -0.514. The van der Waals surface area contributed by atoms with Crippen LogP contribution in [0.4, 0.5) is 4.79 Å². The summed E-state index contributed by atoms with van der Waals surface area (Å²) in [5.74, 6) is 0.0754. The smallest absolute Gasteiger partial charge is 0.407 e.